The van der Waals surface area contributed by atoms with Gasteiger partial charge in [-0.3, -0.25) is 0 Å². The monoisotopic (exact) mass is 396 g/mol. The summed E-state index contributed by atoms with van der Waals surface area (Å²) in [6.07, 6.45) is 2.89. The molecular formula is C16H12BrF3N4. The molecule has 1 aliphatic rings. The van der Waals surface area contributed by atoms with Crippen molar-refractivity contribution in [1.82, 2.24) is 14.6 Å². The van der Waals surface area contributed by atoms with E-state index in [1.165, 1.54) is 23.1 Å². The number of halogens is 4. The molecule has 3 aromatic rings. The molecule has 3 heterocycles. The molecule has 0 aliphatic carbocycles. The number of alkyl halides is 2. The Morgan fingerprint density at radius 1 is 1.25 bits per heavy atom. The van der Waals surface area contributed by atoms with Crippen LogP contribution in [0.5, 0.6) is 0 Å². The molecule has 0 saturated carbocycles. The summed E-state index contributed by atoms with van der Waals surface area (Å²) in [4.78, 5) is 5.95. The normalized spacial score (nSPS) is 20.0. The fourth-order valence-corrected chi connectivity index (χ4v) is 3.42. The van der Waals surface area contributed by atoms with Crippen molar-refractivity contribution in [2.45, 2.75) is 18.4 Å². The highest BCUT2D eigenvalue weighted by Gasteiger charge is 2.46. The second kappa shape index (κ2) is 5.47. The highest BCUT2D eigenvalue weighted by molar-refractivity contribution is 9.10. The molecular weight excluding hydrogens is 385 g/mol. The molecule has 8 heteroatoms. The number of aromatic nitrogens is 3. The lowest BCUT2D eigenvalue weighted by Gasteiger charge is -2.25. The van der Waals surface area contributed by atoms with E-state index in [4.69, 9.17) is 0 Å². The van der Waals surface area contributed by atoms with E-state index in [1.807, 2.05) is 0 Å². The van der Waals surface area contributed by atoms with Gasteiger partial charge in [-0.15, -0.1) is 0 Å². The highest BCUT2D eigenvalue weighted by Crippen LogP contribution is 2.43. The van der Waals surface area contributed by atoms with Crippen LogP contribution >= 0.6 is 15.9 Å². The molecule has 2 aromatic heterocycles. The van der Waals surface area contributed by atoms with Gasteiger partial charge in [-0.05, 0) is 39.7 Å². The molecule has 4 rings (SSSR count). The molecule has 1 aromatic carbocycles. The van der Waals surface area contributed by atoms with Gasteiger partial charge < -0.3 is 4.90 Å². The number of benzene rings is 1. The predicted octanol–water partition coefficient (Wildman–Crippen LogP) is 4.22. The maximum atomic E-state index is 14.1. The van der Waals surface area contributed by atoms with E-state index in [2.05, 4.69) is 26.0 Å². The van der Waals surface area contributed by atoms with Crippen LogP contribution in [0.3, 0.4) is 0 Å². The van der Waals surface area contributed by atoms with Crippen LogP contribution in [0.4, 0.5) is 19.0 Å². The van der Waals surface area contributed by atoms with Crippen molar-refractivity contribution in [1.29, 1.82) is 0 Å². The van der Waals surface area contributed by atoms with E-state index in [0.717, 1.165) is 0 Å². The SMILES string of the molecule is Fc1cccc([C@H]2CC(F)(F)CN2c2ccn3ncc(Br)c3n2)c1. The van der Waals surface area contributed by atoms with Crippen LogP contribution in [-0.2, 0) is 0 Å². The molecule has 1 atom stereocenters. The fourth-order valence-electron chi connectivity index (χ4n) is 3.06. The largest absolute Gasteiger partial charge is 0.343 e. The van der Waals surface area contributed by atoms with Crippen LogP contribution in [0.15, 0.2) is 47.2 Å². The Morgan fingerprint density at radius 2 is 2.08 bits per heavy atom. The van der Waals surface area contributed by atoms with Gasteiger partial charge in [0.25, 0.3) is 5.92 Å². The van der Waals surface area contributed by atoms with Crippen molar-refractivity contribution < 1.29 is 13.2 Å². The molecule has 0 unspecified atom stereocenters. The van der Waals surface area contributed by atoms with Gasteiger partial charge in [0.05, 0.1) is 23.3 Å². The second-order valence-corrected chi connectivity index (χ2v) is 6.66. The lowest BCUT2D eigenvalue weighted by molar-refractivity contribution is 0.0222. The minimum absolute atomic E-state index is 0.371. The lowest BCUT2D eigenvalue weighted by atomic mass is 10.0. The molecule has 124 valence electrons. The van der Waals surface area contributed by atoms with Crippen molar-refractivity contribution in [2.75, 3.05) is 11.4 Å². The van der Waals surface area contributed by atoms with E-state index in [0.29, 0.717) is 21.5 Å². The Morgan fingerprint density at radius 3 is 2.88 bits per heavy atom. The molecule has 4 nitrogen and oxygen atoms in total. The highest BCUT2D eigenvalue weighted by atomic mass is 79.9. The number of rotatable bonds is 2. The molecule has 0 amide bonds. The summed E-state index contributed by atoms with van der Waals surface area (Å²) in [6.45, 7) is -0.455. The van der Waals surface area contributed by atoms with Gasteiger partial charge >= 0.3 is 0 Å². The molecule has 1 aliphatic heterocycles. The molecule has 1 saturated heterocycles. The maximum absolute atomic E-state index is 14.1. The summed E-state index contributed by atoms with van der Waals surface area (Å²) in [7, 11) is 0. The number of fused-ring (bicyclic) bond motifs is 1. The van der Waals surface area contributed by atoms with Gasteiger partial charge in [0.1, 0.15) is 11.6 Å². The molecule has 24 heavy (non-hydrogen) atoms. The summed E-state index contributed by atoms with van der Waals surface area (Å²) < 4.78 is 43.9. The summed E-state index contributed by atoms with van der Waals surface area (Å²) in [5, 5.41) is 4.09. The summed E-state index contributed by atoms with van der Waals surface area (Å²) in [5.74, 6) is -2.89. The van der Waals surface area contributed by atoms with E-state index in [-0.39, 0.29) is 6.42 Å². The quantitative estimate of drug-likeness (QED) is 0.650. The molecule has 0 spiro atoms. The minimum atomic E-state index is -2.86. The summed E-state index contributed by atoms with van der Waals surface area (Å²) in [6, 6.07) is 6.80. The minimum Gasteiger partial charge on any atom is -0.343 e. The topological polar surface area (TPSA) is 33.4 Å². The van der Waals surface area contributed by atoms with Crippen molar-refractivity contribution in [3.63, 3.8) is 0 Å². The van der Waals surface area contributed by atoms with Crippen LogP contribution in [0.25, 0.3) is 5.65 Å². The zero-order valence-electron chi connectivity index (χ0n) is 12.3. The molecule has 0 bridgehead atoms. The first-order valence-corrected chi connectivity index (χ1v) is 8.12. The standard InChI is InChI=1S/C16H12BrF3N4/c17-12-8-21-24-5-4-14(22-15(12)24)23-9-16(19,20)7-13(23)10-2-1-3-11(18)6-10/h1-6,8,13H,7,9H2/t13-/m1/s1. The van der Waals surface area contributed by atoms with E-state index in [9.17, 15) is 13.2 Å². The van der Waals surface area contributed by atoms with Gasteiger partial charge in [0.15, 0.2) is 5.65 Å². The first-order chi connectivity index (χ1) is 11.4. The van der Waals surface area contributed by atoms with Gasteiger partial charge in [-0.1, -0.05) is 12.1 Å². The Labute approximate surface area is 144 Å². The Bertz CT molecular complexity index is 911. The van der Waals surface area contributed by atoms with Crippen LogP contribution in [-0.4, -0.2) is 27.1 Å². The van der Waals surface area contributed by atoms with Crippen LogP contribution in [0.1, 0.15) is 18.0 Å². The molecule has 1 fully saturated rings. The zero-order chi connectivity index (χ0) is 16.9. The van der Waals surface area contributed by atoms with Crippen LogP contribution in [0.2, 0.25) is 0 Å². The summed E-state index contributed by atoms with van der Waals surface area (Å²) in [5.41, 5.74) is 1.06. The van der Waals surface area contributed by atoms with Gasteiger partial charge in [-0.25, -0.2) is 22.7 Å². The fraction of sp³-hybridized carbons (Fsp3) is 0.250. The van der Waals surface area contributed by atoms with Gasteiger partial charge in [-0.2, -0.15) is 5.10 Å². The second-order valence-electron chi connectivity index (χ2n) is 5.81. The number of hydrogen-bond donors (Lipinski definition) is 0. The van der Waals surface area contributed by atoms with E-state index < -0.39 is 24.3 Å². The van der Waals surface area contributed by atoms with Crippen molar-refractivity contribution in [3.8, 4) is 0 Å². The third-order valence-electron chi connectivity index (χ3n) is 4.11. The Kier molecular flexibility index (Phi) is 3.52. The van der Waals surface area contributed by atoms with E-state index in [1.54, 1.807) is 29.0 Å². The smallest absolute Gasteiger partial charge is 0.267 e. The maximum Gasteiger partial charge on any atom is 0.267 e. The first-order valence-electron chi connectivity index (χ1n) is 7.33. The van der Waals surface area contributed by atoms with Crippen molar-refractivity contribution in [2.24, 2.45) is 0 Å². The zero-order valence-corrected chi connectivity index (χ0v) is 13.9. The average Bonchev–Trinajstić information content (AvgIpc) is 3.07. The number of anilines is 1. The Balaban J connectivity index is 1.79. The third kappa shape index (κ3) is 2.64. The van der Waals surface area contributed by atoms with Crippen molar-refractivity contribution >= 4 is 27.4 Å². The first kappa shape index (κ1) is 15.4. The van der Waals surface area contributed by atoms with Crippen LogP contribution < -0.4 is 4.90 Å². The Hall–Kier alpha value is -2.09. The number of hydrogen-bond acceptors (Lipinski definition) is 3. The number of nitrogens with zero attached hydrogens (tertiary/aromatic N) is 4. The van der Waals surface area contributed by atoms with Crippen LogP contribution in [0, 0.1) is 5.82 Å². The molecule has 0 N–H and O–H groups in total. The summed E-state index contributed by atoms with van der Waals surface area (Å²) >= 11 is 3.34. The predicted molar refractivity (Wildman–Crippen MR) is 86.7 cm³/mol. The molecule has 0 radical (unpaired) electrons. The lowest BCUT2D eigenvalue weighted by Crippen LogP contribution is -2.27. The average molecular weight is 397 g/mol. The third-order valence-corrected chi connectivity index (χ3v) is 4.67. The van der Waals surface area contributed by atoms with Crippen molar-refractivity contribution in [3.05, 3.63) is 58.6 Å². The van der Waals surface area contributed by atoms with Gasteiger partial charge in [0.2, 0.25) is 0 Å². The van der Waals surface area contributed by atoms with Gasteiger partial charge in [0, 0.05) is 12.6 Å². The van der Waals surface area contributed by atoms with E-state index >= 15 is 0 Å².